The van der Waals surface area contributed by atoms with Crippen molar-refractivity contribution in [2.24, 2.45) is 0 Å². The van der Waals surface area contributed by atoms with Crippen molar-refractivity contribution in [2.45, 2.75) is 27.1 Å². The summed E-state index contributed by atoms with van der Waals surface area (Å²) < 4.78 is 26.8. The fourth-order valence-electron chi connectivity index (χ4n) is 2.81. The van der Waals surface area contributed by atoms with Gasteiger partial charge in [0, 0.05) is 0 Å². The van der Waals surface area contributed by atoms with Gasteiger partial charge in [0.05, 0.1) is 16.8 Å². The van der Waals surface area contributed by atoms with Crippen LogP contribution in [-0.4, -0.2) is 17.9 Å². The Kier molecular flexibility index (Phi) is 4.89. The van der Waals surface area contributed by atoms with Gasteiger partial charge in [0.15, 0.2) is 11.5 Å². The van der Waals surface area contributed by atoms with Crippen LogP contribution in [0.3, 0.4) is 0 Å². The minimum absolute atomic E-state index is 0.153. The van der Waals surface area contributed by atoms with Crippen molar-refractivity contribution < 1.29 is 28.3 Å². The molecule has 4 rings (SSSR count). The summed E-state index contributed by atoms with van der Waals surface area (Å²) in [7, 11) is 0. The van der Waals surface area contributed by atoms with Crippen molar-refractivity contribution in [3.8, 4) is 17.2 Å². The van der Waals surface area contributed by atoms with Crippen LogP contribution >= 0.6 is 0 Å². The lowest BCUT2D eigenvalue weighted by Crippen LogP contribution is -2.05. The lowest BCUT2D eigenvalue weighted by atomic mass is 10.2. The lowest BCUT2D eigenvalue weighted by molar-refractivity contribution is 0.0472. The summed E-state index contributed by atoms with van der Waals surface area (Å²) in [6, 6.07) is 12.3. The normalized spacial score (nSPS) is 12.1. The van der Waals surface area contributed by atoms with Gasteiger partial charge in [-0.25, -0.2) is 4.79 Å². The largest absolute Gasteiger partial charge is 0.489 e. The third-order valence-corrected chi connectivity index (χ3v) is 4.46. The summed E-state index contributed by atoms with van der Waals surface area (Å²) in [5.41, 5.74) is 3.01. The summed E-state index contributed by atoms with van der Waals surface area (Å²) >= 11 is 0. The van der Waals surface area contributed by atoms with E-state index in [0.717, 1.165) is 22.6 Å². The van der Waals surface area contributed by atoms with Crippen LogP contribution in [0.4, 0.5) is 0 Å². The molecule has 2 aromatic carbocycles. The van der Waals surface area contributed by atoms with Gasteiger partial charge in [-0.3, -0.25) is 0 Å². The number of rotatable bonds is 6. The average Bonchev–Trinajstić information content (AvgIpc) is 3.31. The van der Waals surface area contributed by atoms with Crippen LogP contribution in [0.15, 0.2) is 47.0 Å². The smallest absolute Gasteiger partial charge is 0.338 e. The number of aromatic nitrogens is 1. The van der Waals surface area contributed by atoms with E-state index in [-0.39, 0.29) is 13.4 Å². The predicted molar refractivity (Wildman–Crippen MR) is 98.4 cm³/mol. The van der Waals surface area contributed by atoms with E-state index < -0.39 is 5.97 Å². The minimum atomic E-state index is -0.407. The van der Waals surface area contributed by atoms with Crippen LogP contribution in [-0.2, 0) is 18.0 Å². The number of hydrogen-bond donors (Lipinski definition) is 0. The standard InChI is InChI=1S/C21H19NO6/c1-13-18(14(2)28-22-13)11-24-17-6-4-16(5-7-17)21(23)25-10-15-3-8-19-20(9-15)27-12-26-19/h3-9H,10-12H2,1-2H3. The molecule has 0 saturated carbocycles. The molecule has 0 atom stereocenters. The topological polar surface area (TPSA) is 80.0 Å². The first-order chi connectivity index (χ1) is 13.6. The summed E-state index contributed by atoms with van der Waals surface area (Å²) in [6.45, 7) is 4.43. The molecule has 1 aromatic heterocycles. The van der Waals surface area contributed by atoms with Crippen LogP contribution in [0.2, 0.25) is 0 Å². The van der Waals surface area contributed by atoms with Crippen LogP contribution < -0.4 is 14.2 Å². The Hall–Kier alpha value is -3.48. The highest BCUT2D eigenvalue weighted by atomic mass is 16.7. The van der Waals surface area contributed by atoms with Gasteiger partial charge < -0.3 is 23.5 Å². The maximum Gasteiger partial charge on any atom is 0.338 e. The molecule has 0 aliphatic carbocycles. The SMILES string of the molecule is Cc1noc(C)c1COc1ccc(C(=O)OCc2ccc3c(c2)OCO3)cc1. The molecular weight excluding hydrogens is 362 g/mol. The Morgan fingerprint density at radius 1 is 1.04 bits per heavy atom. The number of nitrogens with zero attached hydrogens (tertiary/aromatic N) is 1. The van der Waals surface area contributed by atoms with E-state index >= 15 is 0 Å². The number of carbonyl (C=O) groups is 1. The summed E-state index contributed by atoms with van der Waals surface area (Å²) in [5.74, 6) is 2.33. The maximum atomic E-state index is 12.3. The van der Waals surface area contributed by atoms with E-state index in [1.807, 2.05) is 19.9 Å². The molecule has 0 amide bonds. The molecule has 1 aliphatic heterocycles. The molecule has 0 fully saturated rings. The van der Waals surface area contributed by atoms with Gasteiger partial charge in [-0.2, -0.15) is 0 Å². The zero-order chi connectivity index (χ0) is 19.5. The number of fused-ring (bicyclic) bond motifs is 1. The van der Waals surface area contributed by atoms with E-state index in [4.69, 9.17) is 23.5 Å². The number of ether oxygens (including phenoxy) is 4. The van der Waals surface area contributed by atoms with E-state index in [1.54, 1.807) is 36.4 Å². The van der Waals surface area contributed by atoms with Gasteiger partial charge in [0.1, 0.15) is 24.7 Å². The minimum Gasteiger partial charge on any atom is -0.489 e. The fourth-order valence-corrected chi connectivity index (χ4v) is 2.81. The number of hydrogen-bond acceptors (Lipinski definition) is 7. The van der Waals surface area contributed by atoms with Gasteiger partial charge in [-0.1, -0.05) is 11.2 Å². The summed E-state index contributed by atoms with van der Waals surface area (Å²) in [4.78, 5) is 12.3. The zero-order valence-electron chi connectivity index (χ0n) is 15.6. The van der Waals surface area contributed by atoms with Crippen LogP contribution in [0, 0.1) is 13.8 Å². The number of benzene rings is 2. The number of carbonyl (C=O) groups excluding carboxylic acids is 1. The predicted octanol–water partition coefficient (Wildman–Crippen LogP) is 3.96. The van der Waals surface area contributed by atoms with Crippen molar-refractivity contribution in [1.82, 2.24) is 5.16 Å². The van der Waals surface area contributed by atoms with Gasteiger partial charge in [0.25, 0.3) is 0 Å². The molecule has 1 aliphatic rings. The highest BCUT2D eigenvalue weighted by Gasteiger charge is 2.15. The second-order valence-corrected chi connectivity index (χ2v) is 6.38. The maximum absolute atomic E-state index is 12.3. The molecule has 3 aromatic rings. The Morgan fingerprint density at radius 3 is 2.57 bits per heavy atom. The molecule has 0 unspecified atom stereocenters. The van der Waals surface area contributed by atoms with Crippen molar-refractivity contribution in [3.05, 3.63) is 70.6 Å². The second-order valence-electron chi connectivity index (χ2n) is 6.38. The van der Waals surface area contributed by atoms with Gasteiger partial charge in [0.2, 0.25) is 6.79 Å². The Labute approximate surface area is 161 Å². The average molecular weight is 381 g/mol. The first-order valence-electron chi connectivity index (χ1n) is 8.80. The molecule has 0 spiro atoms. The zero-order valence-corrected chi connectivity index (χ0v) is 15.6. The Balaban J connectivity index is 1.32. The highest BCUT2D eigenvalue weighted by molar-refractivity contribution is 5.89. The van der Waals surface area contributed by atoms with Gasteiger partial charge in [-0.05, 0) is 55.8 Å². The number of aryl methyl sites for hydroxylation is 2. The second kappa shape index (κ2) is 7.64. The molecular formula is C21H19NO6. The van der Waals surface area contributed by atoms with E-state index in [0.29, 0.717) is 29.4 Å². The van der Waals surface area contributed by atoms with Crippen molar-refractivity contribution in [1.29, 1.82) is 0 Å². The van der Waals surface area contributed by atoms with Crippen molar-refractivity contribution in [3.63, 3.8) is 0 Å². The lowest BCUT2D eigenvalue weighted by Gasteiger charge is -2.08. The van der Waals surface area contributed by atoms with E-state index in [1.165, 1.54) is 0 Å². The molecule has 7 nitrogen and oxygen atoms in total. The van der Waals surface area contributed by atoms with Crippen LogP contribution in [0.25, 0.3) is 0 Å². The van der Waals surface area contributed by atoms with Crippen LogP contribution in [0.1, 0.15) is 32.9 Å². The molecule has 28 heavy (non-hydrogen) atoms. The first kappa shape index (κ1) is 17.9. The monoisotopic (exact) mass is 381 g/mol. The molecule has 0 N–H and O–H groups in total. The van der Waals surface area contributed by atoms with Gasteiger partial charge in [-0.15, -0.1) is 0 Å². The molecule has 0 radical (unpaired) electrons. The summed E-state index contributed by atoms with van der Waals surface area (Å²) in [6.07, 6.45) is 0. The quantitative estimate of drug-likeness (QED) is 0.598. The van der Waals surface area contributed by atoms with Gasteiger partial charge >= 0.3 is 5.97 Å². The molecule has 0 bridgehead atoms. The molecule has 2 heterocycles. The van der Waals surface area contributed by atoms with Crippen molar-refractivity contribution in [2.75, 3.05) is 6.79 Å². The third-order valence-electron chi connectivity index (χ3n) is 4.46. The highest BCUT2D eigenvalue weighted by Crippen LogP contribution is 2.32. The molecule has 0 saturated heterocycles. The fraction of sp³-hybridized carbons (Fsp3) is 0.238. The molecule has 7 heteroatoms. The van der Waals surface area contributed by atoms with Crippen LogP contribution in [0.5, 0.6) is 17.2 Å². The Morgan fingerprint density at radius 2 is 1.82 bits per heavy atom. The number of esters is 1. The molecule has 144 valence electrons. The Bertz CT molecular complexity index is 973. The first-order valence-corrected chi connectivity index (χ1v) is 8.80. The van der Waals surface area contributed by atoms with E-state index in [2.05, 4.69) is 5.16 Å². The third kappa shape index (κ3) is 3.78. The summed E-state index contributed by atoms with van der Waals surface area (Å²) in [5, 5.41) is 3.90. The van der Waals surface area contributed by atoms with Crippen molar-refractivity contribution >= 4 is 5.97 Å². The van der Waals surface area contributed by atoms with E-state index in [9.17, 15) is 4.79 Å².